The fourth-order valence-corrected chi connectivity index (χ4v) is 2.22. The molecule has 0 fully saturated rings. The van der Waals surface area contributed by atoms with E-state index in [4.69, 9.17) is 5.11 Å². The molecule has 2 rings (SSSR count). The minimum atomic E-state index is 0.312. The highest BCUT2D eigenvalue weighted by Gasteiger charge is 2.22. The summed E-state index contributed by atoms with van der Waals surface area (Å²) in [5, 5.41) is 13.5. The zero-order chi connectivity index (χ0) is 10.1. The molecule has 1 aliphatic rings. The highest BCUT2D eigenvalue weighted by molar-refractivity contribution is 5.22. The fourth-order valence-electron chi connectivity index (χ4n) is 2.22. The highest BCUT2D eigenvalue weighted by atomic mass is 16.3. The number of aliphatic hydroxyl groups is 1. The van der Waals surface area contributed by atoms with Crippen molar-refractivity contribution < 1.29 is 5.11 Å². The normalized spacial score (nSPS) is 21.3. The molecule has 0 unspecified atom stereocenters. The van der Waals surface area contributed by atoms with Crippen LogP contribution in [0.25, 0.3) is 0 Å². The third-order valence-corrected chi connectivity index (χ3v) is 3.03. The molecule has 0 bridgehead atoms. The van der Waals surface area contributed by atoms with Gasteiger partial charge in [-0.15, -0.1) is 0 Å². The van der Waals surface area contributed by atoms with Crippen molar-refractivity contribution in [1.29, 1.82) is 0 Å². The smallest absolute Gasteiger partial charge is 0.0524 e. The molecule has 0 aliphatic heterocycles. The predicted molar refractivity (Wildman–Crippen MR) is 55.2 cm³/mol. The first kappa shape index (κ1) is 9.71. The van der Waals surface area contributed by atoms with Crippen molar-refractivity contribution >= 4 is 0 Å². The first-order valence-corrected chi connectivity index (χ1v) is 5.38. The van der Waals surface area contributed by atoms with Crippen LogP contribution >= 0.6 is 0 Å². The van der Waals surface area contributed by atoms with Crippen molar-refractivity contribution in [3.05, 3.63) is 17.5 Å². The molecule has 0 spiro atoms. The van der Waals surface area contributed by atoms with E-state index in [1.54, 1.807) is 0 Å². The average Bonchev–Trinajstić information content (AvgIpc) is 2.59. The second-order valence-corrected chi connectivity index (χ2v) is 4.45. The molecule has 0 saturated heterocycles. The van der Waals surface area contributed by atoms with Gasteiger partial charge >= 0.3 is 0 Å². The maximum atomic E-state index is 9.11. The molecule has 1 N–H and O–H groups in total. The van der Waals surface area contributed by atoms with Crippen molar-refractivity contribution in [2.24, 2.45) is 5.92 Å². The molecule has 78 valence electrons. The summed E-state index contributed by atoms with van der Waals surface area (Å²) in [4.78, 5) is 0. The first-order valence-electron chi connectivity index (χ1n) is 5.38. The standard InChI is InChI=1S/C11H18N2O/c1-8(2)13-11-4-3-9(7-14)5-10(11)6-12-13/h6,8-9,14H,3-5,7H2,1-2H3/t9-/m0/s1. The largest absolute Gasteiger partial charge is 0.396 e. The van der Waals surface area contributed by atoms with Gasteiger partial charge in [0.2, 0.25) is 0 Å². The van der Waals surface area contributed by atoms with Gasteiger partial charge in [-0.1, -0.05) is 0 Å². The second kappa shape index (κ2) is 3.73. The van der Waals surface area contributed by atoms with E-state index < -0.39 is 0 Å². The van der Waals surface area contributed by atoms with Gasteiger partial charge in [-0.3, -0.25) is 4.68 Å². The van der Waals surface area contributed by atoms with Gasteiger partial charge in [0.05, 0.1) is 6.20 Å². The Kier molecular flexibility index (Phi) is 2.59. The molecule has 0 amide bonds. The summed E-state index contributed by atoms with van der Waals surface area (Å²) in [6, 6.07) is 0.449. The van der Waals surface area contributed by atoms with Crippen molar-refractivity contribution in [1.82, 2.24) is 9.78 Å². The Morgan fingerprint density at radius 2 is 2.43 bits per heavy atom. The number of aliphatic hydroxyl groups excluding tert-OH is 1. The van der Waals surface area contributed by atoms with Gasteiger partial charge in [-0.05, 0) is 44.6 Å². The monoisotopic (exact) mass is 194 g/mol. The predicted octanol–water partition coefficient (Wildman–Crippen LogP) is 1.56. The molecular weight excluding hydrogens is 176 g/mol. The zero-order valence-electron chi connectivity index (χ0n) is 8.90. The van der Waals surface area contributed by atoms with Crippen LogP contribution in [0.4, 0.5) is 0 Å². The fraction of sp³-hybridized carbons (Fsp3) is 0.727. The lowest BCUT2D eigenvalue weighted by Gasteiger charge is -2.22. The van der Waals surface area contributed by atoms with E-state index in [2.05, 4.69) is 23.6 Å². The number of rotatable bonds is 2. The number of aromatic nitrogens is 2. The Bertz CT molecular complexity index is 317. The topological polar surface area (TPSA) is 38.0 Å². The van der Waals surface area contributed by atoms with Crippen molar-refractivity contribution in [3.8, 4) is 0 Å². The lowest BCUT2D eigenvalue weighted by molar-refractivity contribution is 0.212. The average molecular weight is 194 g/mol. The molecule has 0 aromatic carbocycles. The Morgan fingerprint density at radius 1 is 1.64 bits per heavy atom. The minimum absolute atomic E-state index is 0.312. The van der Waals surface area contributed by atoms with Gasteiger partial charge in [0.15, 0.2) is 0 Å². The van der Waals surface area contributed by atoms with Crippen LogP contribution in [0.1, 0.15) is 37.6 Å². The second-order valence-electron chi connectivity index (χ2n) is 4.45. The summed E-state index contributed by atoms with van der Waals surface area (Å²) >= 11 is 0. The molecule has 1 aromatic heterocycles. The van der Waals surface area contributed by atoms with Gasteiger partial charge < -0.3 is 5.11 Å². The van der Waals surface area contributed by atoms with Gasteiger partial charge in [0, 0.05) is 18.3 Å². The van der Waals surface area contributed by atoms with Crippen LogP contribution in [-0.2, 0) is 12.8 Å². The Hall–Kier alpha value is -0.830. The molecule has 1 heterocycles. The molecule has 3 heteroatoms. The van der Waals surface area contributed by atoms with Crippen molar-refractivity contribution in [2.45, 2.75) is 39.2 Å². The third-order valence-electron chi connectivity index (χ3n) is 3.03. The minimum Gasteiger partial charge on any atom is -0.396 e. The Morgan fingerprint density at radius 3 is 3.07 bits per heavy atom. The number of nitrogens with zero attached hydrogens (tertiary/aromatic N) is 2. The summed E-state index contributed by atoms with van der Waals surface area (Å²) in [6.07, 6.45) is 5.14. The van der Waals surface area contributed by atoms with Crippen molar-refractivity contribution in [3.63, 3.8) is 0 Å². The summed E-state index contributed by atoms with van der Waals surface area (Å²) in [6.45, 7) is 4.63. The Labute approximate surface area is 84.7 Å². The molecule has 1 aliphatic carbocycles. The quantitative estimate of drug-likeness (QED) is 0.776. The molecule has 1 aromatic rings. The lowest BCUT2D eigenvalue weighted by atomic mass is 9.88. The van der Waals surface area contributed by atoms with E-state index in [0.29, 0.717) is 18.6 Å². The van der Waals surface area contributed by atoms with Gasteiger partial charge in [0.1, 0.15) is 0 Å². The van der Waals surface area contributed by atoms with Gasteiger partial charge in [-0.25, -0.2) is 0 Å². The molecule has 3 nitrogen and oxygen atoms in total. The summed E-state index contributed by atoms with van der Waals surface area (Å²) < 4.78 is 2.11. The van der Waals surface area contributed by atoms with Crippen LogP contribution in [-0.4, -0.2) is 21.5 Å². The molecule has 14 heavy (non-hydrogen) atoms. The van der Waals surface area contributed by atoms with Crippen LogP contribution < -0.4 is 0 Å². The maximum absolute atomic E-state index is 9.11. The van der Waals surface area contributed by atoms with E-state index in [-0.39, 0.29) is 0 Å². The number of hydrogen-bond donors (Lipinski definition) is 1. The van der Waals surface area contributed by atoms with Crippen molar-refractivity contribution in [2.75, 3.05) is 6.61 Å². The van der Waals surface area contributed by atoms with E-state index in [1.165, 1.54) is 11.3 Å². The zero-order valence-corrected chi connectivity index (χ0v) is 8.90. The third kappa shape index (κ3) is 1.57. The van der Waals surface area contributed by atoms with Gasteiger partial charge in [-0.2, -0.15) is 5.10 Å². The summed E-state index contributed by atoms with van der Waals surface area (Å²) in [5.74, 6) is 0.451. The van der Waals surface area contributed by atoms with Gasteiger partial charge in [0.25, 0.3) is 0 Å². The van der Waals surface area contributed by atoms with E-state index in [9.17, 15) is 0 Å². The number of hydrogen-bond acceptors (Lipinski definition) is 2. The summed E-state index contributed by atoms with van der Waals surface area (Å²) in [5.41, 5.74) is 2.72. The highest BCUT2D eigenvalue weighted by Crippen LogP contribution is 2.26. The molecular formula is C11H18N2O. The van der Waals surface area contributed by atoms with Crippen LogP contribution in [0.5, 0.6) is 0 Å². The van der Waals surface area contributed by atoms with E-state index >= 15 is 0 Å². The number of fused-ring (bicyclic) bond motifs is 1. The van der Waals surface area contributed by atoms with E-state index in [0.717, 1.165) is 19.3 Å². The van der Waals surface area contributed by atoms with Crippen LogP contribution in [0.15, 0.2) is 6.20 Å². The van der Waals surface area contributed by atoms with Crippen LogP contribution in [0, 0.1) is 5.92 Å². The molecule has 0 saturated carbocycles. The van der Waals surface area contributed by atoms with Crippen LogP contribution in [0.2, 0.25) is 0 Å². The first-order chi connectivity index (χ1) is 6.72. The van der Waals surface area contributed by atoms with Crippen LogP contribution in [0.3, 0.4) is 0 Å². The SMILES string of the molecule is CC(C)n1ncc2c1CC[C@H](CO)C2. The van der Waals surface area contributed by atoms with E-state index in [1.807, 2.05) is 6.20 Å². The lowest BCUT2D eigenvalue weighted by Crippen LogP contribution is -2.19. The molecule has 1 atom stereocenters. The Balaban J connectivity index is 2.25. The summed E-state index contributed by atoms with van der Waals surface area (Å²) in [7, 11) is 0. The molecule has 0 radical (unpaired) electrons. The maximum Gasteiger partial charge on any atom is 0.0524 e.